The molecule has 0 aliphatic rings. The number of ketones is 1. The Morgan fingerprint density at radius 3 is 2.54 bits per heavy atom. The number of nitriles is 1. The van der Waals surface area contributed by atoms with Crippen molar-refractivity contribution in [3.63, 3.8) is 0 Å². The van der Waals surface area contributed by atoms with Gasteiger partial charge in [0.1, 0.15) is 5.75 Å². The van der Waals surface area contributed by atoms with Crippen LogP contribution in [0.25, 0.3) is 5.69 Å². The second kappa shape index (κ2) is 7.76. The van der Waals surface area contributed by atoms with Crippen LogP contribution in [-0.2, 0) is 0 Å². The SMILES string of the molecule is Cc1cc(C(=O)COc2ccc(C#N)cc2)c(C)n1-c1cccc([N+](=O)[O-])c1. The van der Waals surface area contributed by atoms with E-state index in [1.54, 1.807) is 49.4 Å². The number of ether oxygens (including phenoxy) is 1. The highest BCUT2D eigenvalue weighted by atomic mass is 16.6. The summed E-state index contributed by atoms with van der Waals surface area (Å²) in [5.74, 6) is 0.300. The lowest BCUT2D eigenvalue weighted by molar-refractivity contribution is -0.384. The number of aromatic nitrogens is 1. The van der Waals surface area contributed by atoms with Gasteiger partial charge < -0.3 is 9.30 Å². The Morgan fingerprint density at radius 2 is 1.89 bits per heavy atom. The molecule has 0 aliphatic carbocycles. The Morgan fingerprint density at radius 1 is 1.18 bits per heavy atom. The third-order valence-corrected chi connectivity index (χ3v) is 4.38. The molecule has 0 spiro atoms. The molecule has 0 amide bonds. The molecule has 3 rings (SSSR count). The van der Waals surface area contributed by atoms with Crippen molar-refractivity contribution < 1.29 is 14.5 Å². The molecule has 2 aromatic carbocycles. The summed E-state index contributed by atoms with van der Waals surface area (Å²) in [4.78, 5) is 23.2. The number of rotatable bonds is 6. The summed E-state index contributed by atoms with van der Waals surface area (Å²) >= 11 is 0. The Hall–Kier alpha value is -3.92. The van der Waals surface area contributed by atoms with Crippen molar-refractivity contribution in [1.82, 2.24) is 4.57 Å². The fourth-order valence-electron chi connectivity index (χ4n) is 3.04. The first-order valence-corrected chi connectivity index (χ1v) is 8.50. The van der Waals surface area contributed by atoms with Crippen molar-refractivity contribution in [2.75, 3.05) is 6.61 Å². The van der Waals surface area contributed by atoms with Crippen molar-refractivity contribution in [2.45, 2.75) is 13.8 Å². The molecular formula is C21H17N3O4. The molecule has 7 nitrogen and oxygen atoms in total. The molecule has 0 saturated carbocycles. The van der Waals surface area contributed by atoms with Gasteiger partial charge in [-0.15, -0.1) is 0 Å². The first kappa shape index (κ1) is 18.9. The Balaban J connectivity index is 1.82. The van der Waals surface area contributed by atoms with Crippen molar-refractivity contribution in [3.05, 3.63) is 87.2 Å². The Bertz CT molecular complexity index is 1090. The number of non-ortho nitro benzene ring substituents is 1. The number of nitro groups is 1. The van der Waals surface area contributed by atoms with E-state index in [-0.39, 0.29) is 18.1 Å². The molecule has 0 N–H and O–H groups in total. The quantitative estimate of drug-likeness (QED) is 0.366. The second-order valence-electron chi connectivity index (χ2n) is 6.25. The summed E-state index contributed by atoms with van der Waals surface area (Å²) in [7, 11) is 0. The minimum absolute atomic E-state index is 0.0120. The maximum atomic E-state index is 12.6. The third kappa shape index (κ3) is 3.76. The van der Waals surface area contributed by atoms with Gasteiger partial charge in [-0.25, -0.2) is 0 Å². The van der Waals surface area contributed by atoms with Crippen LogP contribution >= 0.6 is 0 Å². The standard InChI is InChI=1S/C21H17N3O4/c1-14-10-20(21(25)13-28-19-8-6-16(12-22)7-9-19)15(2)23(14)17-4-3-5-18(11-17)24(26)27/h3-11H,13H2,1-2H3. The molecule has 0 fully saturated rings. The van der Waals surface area contributed by atoms with Gasteiger partial charge in [0, 0.05) is 29.1 Å². The summed E-state index contributed by atoms with van der Waals surface area (Å²) in [6.07, 6.45) is 0. The van der Waals surface area contributed by atoms with Gasteiger partial charge in [-0.2, -0.15) is 5.26 Å². The van der Waals surface area contributed by atoms with E-state index in [4.69, 9.17) is 10.00 Å². The summed E-state index contributed by atoms with van der Waals surface area (Å²) < 4.78 is 7.33. The smallest absolute Gasteiger partial charge is 0.271 e. The zero-order valence-corrected chi connectivity index (χ0v) is 15.4. The number of aryl methyl sites for hydroxylation is 1. The van der Waals surface area contributed by atoms with Crippen LogP contribution in [0.2, 0.25) is 0 Å². The highest BCUT2D eigenvalue weighted by Crippen LogP contribution is 2.24. The van der Waals surface area contributed by atoms with Gasteiger partial charge in [0.2, 0.25) is 5.78 Å². The van der Waals surface area contributed by atoms with Crippen molar-refractivity contribution in [3.8, 4) is 17.5 Å². The lowest BCUT2D eigenvalue weighted by Gasteiger charge is -2.10. The molecule has 3 aromatic rings. The number of hydrogen-bond acceptors (Lipinski definition) is 5. The van der Waals surface area contributed by atoms with Crippen LogP contribution in [0.1, 0.15) is 27.3 Å². The average Bonchev–Trinajstić information content (AvgIpc) is 3.00. The molecule has 0 radical (unpaired) electrons. The zero-order valence-electron chi connectivity index (χ0n) is 15.4. The highest BCUT2D eigenvalue weighted by molar-refractivity contribution is 5.98. The van der Waals surface area contributed by atoms with Crippen molar-refractivity contribution in [1.29, 1.82) is 5.26 Å². The lowest BCUT2D eigenvalue weighted by atomic mass is 10.1. The molecule has 1 heterocycles. The number of nitro benzene ring substituents is 1. The molecule has 0 bridgehead atoms. The van der Waals surface area contributed by atoms with Crippen LogP contribution < -0.4 is 4.74 Å². The van der Waals surface area contributed by atoms with Gasteiger partial charge in [-0.05, 0) is 50.2 Å². The van der Waals surface area contributed by atoms with Gasteiger partial charge in [0.05, 0.1) is 22.2 Å². The molecule has 7 heteroatoms. The molecule has 0 atom stereocenters. The molecule has 28 heavy (non-hydrogen) atoms. The van der Waals surface area contributed by atoms with E-state index in [1.165, 1.54) is 12.1 Å². The molecule has 0 aliphatic heterocycles. The van der Waals surface area contributed by atoms with Gasteiger partial charge in [0.15, 0.2) is 6.61 Å². The van der Waals surface area contributed by atoms with Gasteiger partial charge in [-0.3, -0.25) is 14.9 Å². The third-order valence-electron chi connectivity index (χ3n) is 4.38. The first-order chi connectivity index (χ1) is 13.4. The zero-order chi connectivity index (χ0) is 20.3. The minimum Gasteiger partial charge on any atom is -0.485 e. The molecule has 140 valence electrons. The van der Waals surface area contributed by atoms with E-state index in [9.17, 15) is 14.9 Å². The van der Waals surface area contributed by atoms with Crippen LogP contribution in [0.15, 0.2) is 54.6 Å². The number of carbonyl (C=O) groups is 1. The number of carbonyl (C=O) groups excluding carboxylic acids is 1. The molecule has 1 aromatic heterocycles. The second-order valence-corrected chi connectivity index (χ2v) is 6.25. The van der Waals surface area contributed by atoms with Crippen LogP contribution in [0, 0.1) is 35.3 Å². The highest BCUT2D eigenvalue weighted by Gasteiger charge is 2.18. The normalized spacial score (nSPS) is 10.3. The molecular weight excluding hydrogens is 358 g/mol. The number of benzene rings is 2. The molecule has 0 saturated heterocycles. The Labute approximate surface area is 161 Å². The maximum Gasteiger partial charge on any atom is 0.271 e. The predicted octanol–water partition coefficient (Wildman–Crippen LogP) is 4.14. The summed E-state index contributed by atoms with van der Waals surface area (Å²) in [6.45, 7) is 3.48. The van der Waals surface area contributed by atoms with Crippen molar-refractivity contribution >= 4 is 11.5 Å². The van der Waals surface area contributed by atoms with E-state index in [0.29, 0.717) is 28.3 Å². The maximum absolute atomic E-state index is 12.6. The topological polar surface area (TPSA) is 98.2 Å². The van der Waals surface area contributed by atoms with Crippen LogP contribution in [0.5, 0.6) is 5.75 Å². The average molecular weight is 375 g/mol. The van der Waals surface area contributed by atoms with Crippen LogP contribution in [-0.4, -0.2) is 21.9 Å². The number of nitrogens with zero attached hydrogens (tertiary/aromatic N) is 3. The van der Waals surface area contributed by atoms with E-state index < -0.39 is 4.92 Å². The fourth-order valence-corrected chi connectivity index (χ4v) is 3.04. The first-order valence-electron chi connectivity index (χ1n) is 8.50. The summed E-state index contributed by atoms with van der Waals surface area (Å²) in [6, 6.07) is 16.6. The van der Waals surface area contributed by atoms with Gasteiger partial charge in [-0.1, -0.05) is 6.07 Å². The summed E-state index contributed by atoms with van der Waals surface area (Å²) in [5, 5.41) is 19.8. The largest absolute Gasteiger partial charge is 0.485 e. The number of Topliss-reactive ketones (excluding diaryl/α,β-unsaturated/α-hetero) is 1. The summed E-state index contributed by atoms with van der Waals surface area (Å²) in [5.41, 5.74) is 3.10. The van der Waals surface area contributed by atoms with E-state index in [2.05, 4.69) is 0 Å². The number of hydrogen-bond donors (Lipinski definition) is 0. The van der Waals surface area contributed by atoms with E-state index >= 15 is 0 Å². The van der Waals surface area contributed by atoms with Crippen LogP contribution in [0.4, 0.5) is 5.69 Å². The lowest BCUT2D eigenvalue weighted by Crippen LogP contribution is -2.12. The fraction of sp³-hybridized carbons (Fsp3) is 0.143. The Kier molecular flexibility index (Phi) is 5.23. The van der Waals surface area contributed by atoms with Crippen molar-refractivity contribution in [2.24, 2.45) is 0 Å². The minimum atomic E-state index is -0.449. The monoisotopic (exact) mass is 375 g/mol. The van der Waals surface area contributed by atoms with E-state index in [0.717, 1.165) is 5.69 Å². The van der Waals surface area contributed by atoms with E-state index in [1.807, 2.05) is 17.6 Å². The van der Waals surface area contributed by atoms with Crippen LogP contribution in [0.3, 0.4) is 0 Å². The van der Waals surface area contributed by atoms with Gasteiger partial charge >= 0.3 is 0 Å². The van der Waals surface area contributed by atoms with Gasteiger partial charge in [0.25, 0.3) is 5.69 Å². The molecule has 0 unspecified atom stereocenters. The predicted molar refractivity (Wildman–Crippen MR) is 103 cm³/mol.